The van der Waals surface area contributed by atoms with Crippen LogP contribution in [-0.2, 0) is 6.42 Å². The highest BCUT2D eigenvalue weighted by atomic mass is 16.5. The lowest BCUT2D eigenvalue weighted by Crippen LogP contribution is -2.37. The maximum Gasteiger partial charge on any atom is 0.315 e. The Balaban J connectivity index is 1.73. The van der Waals surface area contributed by atoms with Gasteiger partial charge in [0.1, 0.15) is 11.5 Å². The summed E-state index contributed by atoms with van der Waals surface area (Å²) in [5.74, 6) is 1.59. The van der Waals surface area contributed by atoms with Crippen LogP contribution in [0.4, 0.5) is 4.79 Å². The molecule has 1 aromatic carbocycles. The number of methoxy groups -OCH3 is 1. The molecule has 6 nitrogen and oxygen atoms in total. The van der Waals surface area contributed by atoms with Gasteiger partial charge in [0.2, 0.25) is 0 Å². The van der Waals surface area contributed by atoms with Crippen molar-refractivity contribution in [1.82, 2.24) is 15.8 Å². The second-order valence-corrected chi connectivity index (χ2v) is 5.81. The minimum atomic E-state index is -0.187. The Morgan fingerprint density at radius 1 is 1.38 bits per heavy atom. The van der Waals surface area contributed by atoms with Gasteiger partial charge in [0.15, 0.2) is 0 Å². The molecule has 1 aromatic heterocycles. The van der Waals surface area contributed by atoms with Crippen molar-refractivity contribution in [3.8, 4) is 5.75 Å². The molecule has 0 aliphatic rings. The van der Waals surface area contributed by atoms with Gasteiger partial charge in [-0.15, -0.1) is 0 Å². The third-order valence-corrected chi connectivity index (χ3v) is 3.93. The number of ether oxygens (including phenoxy) is 1. The van der Waals surface area contributed by atoms with E-state index in [9.17, 15) is 4.79 Å². The van der Waals surface area contributed by atoms with E-state index >= 15 is 0 Å². The Morgan fingerprint density at radius 2 is 2.17 bits per heavy atom. The summed E-state index contributed by atoms with van der Waals surface area (Å²) in [6.07, 6.45) is 1.75. The smallest absolute Gasteiger partial charge is 0.315 e. The molecule has 130 valence electrons. The molecule has 0 aliphatic carbocycles. The molecule has 0 aliphatic heterocycles. The predicted molar refractivity (Wildman–Crippen MR) is 92.2 cm³/mol. The van der Waals surface area contributed by atoms with Gasteiger partial charge in [-0.25, -0.2) is 4.79 Å². The Morgan fingerprint density at radius 3 is 2.83 bits per heavy atom. The normalized spacial score (nSPS) is 11.8. The van der Waals surface area contributed by atoms with Crippen LogP contribution in [0.15, 0.2) is 28.8 Å². The number of nitrogens with zero attached hydrogens (tertiary/aromatic N) is 1. The van der Waals surface area contributed by atoms with Crippen molar-refractivity contribution < 1.29 is 14.1 Å². The zero-order chi connectivity index (χ0) is 17.5. The third-order valence-electron chi connectivity index (χ3n) is 3.93. The summed E-state index contributed by atoms with van der Waals surface area (Å²) in [6, 6.07) is 7.63. The number of carbonyl (C=O) groups excluding carboxylic acids is 1. The Bertz CT molecular complexity index is 662. The van der Waals surface area contributed by atoms with Gasteiger partial charge in [0, 0.05) is 12.1 Å². The van der Waals surface area contributed by atoms with Crippen molar-refractivity contribution in [2.45, 2.75) is 39.7 Å². The van der Waals surface area contributed by atoms with Crippen molar-refractivity contribution in [3.05, 3.63) is 46.8 Å². The van der Waals surface area contributed by atoms with Crippen LogP contribution < -0.4 is 15.4 Å². The monoisotopic (exact) mass is 331 g/mol. The fourth-order valence-electron chi connectivity index (χ4n) is 2.75. The van der Waals surface area contributed by atoms with E-state index in [2.05, 4.69) is 21.9 Å². The second kappa shape index (κ2) is 8.38. The van der Waals surface area contributed by atoms with E-state index in [-0.39, 0.29) is 12.1 Å². The highest BCUT2D eigenvalue weighted by Gasteiger charge is 2.17. The van der Waals surface area contributed by atoms with E-state index in [4.69, 9.17) is 9.26 Å². The molecule has 0 fully saturated rings. The molecule has 0 radical (unpaired) electrons. The number of amides is 2. The SMILES string of the molecule is COc1cccc(CCCNC(=O)N[C@H](C)c2c(C)noc2C)c1. The van der Waals surface area contributed by atoms with Crippen LogP contribution >= 0.6 is 0 Å². The highest BCUT2D eigenvalue weighted by Crippen LogP contribution is 2.20. The molecule has 0 spiro atoms. The molecule has 2 N–H and O–H groups in total. The fourth-order valence-corrected chi connectivity index (χ4v) is 2.75. The van der Waals surface area contributed by atoms with Crippen molar-refractivity contribution in [1.29, 1.82) is 0 Å². The van der Waals surface area contributed by atoms with Crippen molar-refractivity contribution in [3.63, 3.8) is 0 Å². The van der Waals surface area contributed by atoms with Crippen LogP contribution in [-0.4, -0.2) is 24.8 Å². The largest absolute Gasteiger partial charge is 0.497 e. The van der Waals surface area contributed by atoms with E-state index in [1.54, 1.807) is 7.11 Å². The first-order valence-corrected chi connectivity index (χ1v) is 8.11. The minimum Gasteiger partial charge on any atom is -0.497 e. The number of rotatable bonds is 7. The molecule has 1 atom stereocenters. The fraction of sp³-hybridized carbons (Fsp3) is 0.444. The van der Waals surface area contributed by atoms with Crippen molar-refractivity contribution >= 4 is 6.03 Å². The van der Waals surface area contributed by atoms with Gasteiger partial charge >= 0.3 is 6.03 Å². The lowest BCUT2D eigenvalue weighted by atomic mass is 10.1. The van der Waals surface area contributed by atoms with Gasteiger partial charge in [-0.2, -0.15) is 0 Å². The molecule has 0 saturated carbocycles. The molecular formula is C18H25N3O3. The van der Waals surface area contributed by atoms with E-state index in [0.29, 0.717) is 6.54 Å². The number of benzene rings is 1. The lowest BCUT2D eigenvalue weighted by Gasteiger charge is -2.14. The maximum atomic E-state index is 12.0. The van der Waals surface area contributed by atoms with Crippen LogP contribution in [0.1, 0.15) is 42.0 Å². The summed E-state index contributed by atoms with van der Waals surface area (Å²) in [5, 5.41) is 9.70. The summed E-state index contributed by atoms with van der Waals surface area (Å²) in [4.78, 5) is 12.0. The Kier molecular flexibility index (Phi) is 6.23. The molecular weight excluding hydrogens is 306 g/mol. The van der Waals surface area contributed by atoms with Gasteiger partial charge in [-0.3, -0.25) is 0 Å². The molecule has 24 heavy (non-hydrogen) atoms. The van der Waals surface area contributed by atoms with Crippen molar-refractivity contribution in [2.24, 2.45) is 0 Å². The minimum absolute atomic E-state index is 0.144. The zero-order valence-electron chi connectivity index (χ0n) is 14.7. The number of aryl methyl sites for hydroxylation is 3. The quantitative estimate of drug-likeness (QED) is 0.763. The molecule has 2 aromatic rings. The number of hydrogen-bond acceptors (Lipinski definition) is 4. The molecule has 1 heterocycles. The van der Waals surface area contributed by atoms with E-state index in [1.807, 2.05) is 39.0 Å². The third kappa shape index (κ3) is 4.75. The summed E-state index contributed by atoms with van der Waals surface area (Å²) in [7, 11) is 1.66. The van der Waals surface area contributed by atoms with Crippen LogP contribution in [0, 0.1) is 13.8 Å². The molecule has 0 unspecified atom stereocenters. The predicted octanol–water partition coefficient (Wildman–Crippen LogP) is 3.29. The zero-order valence-corrected chi connectivity index (χ0v) is 14.7. The average molecular weight is 331 g/mol. The highest BCUT2D eigenvalue weighted by molar-refractivity contribution is 5.74. The molecule has 0 saturated heterocycles. The Labute approximate surface area is 142 Å². The van der Waals surface area contributed by atoms with E-state index in [0.717, 1.165) is 35.6 Å². The number of urea groups is 1. The van der Waals surface area contributed by atoms with Crippen LogP contribution in [0.5, 0.6) is 5.75 Å². The molecule has 2 amide bonds. The van der Waals surface area contributed by atoms with Crippen LogP contribution in [0.25, 0.3) is 0 Å². The van der Waals surface area contributed by atoms with Gasteiger partial charge in [0.25, 0.3) is 0 Å². The number of hydrogen-bond donors (Lipinski definition) is 2. The topological polar surface area (TPSA) is 76.4 Å². The number of aromatic nitrogens is 1. The van der Waals surface area contributed by atoms with Gasteiger partial charge in [-0.1, -0.05) is 17.3 Å². The molecule has 0 bridgehead atoms. The standard InChI is InChI=1S/C18H25N3O3/c1-12(17-13(2)21-24-14(17)3)20-18(22)19-10-6-8-15-7-5-9-16(11-15)23-4/h5,7,9,11-12H,6,8,10H2,1-4H3,(H2,19,20,22)/t12-/m1/s1. The first-order chi connectivity index (χ1) is 11.5. The summed E-state index contributed by atoms with van der Waals surface area (Å²) < 4.78 is 10.3. The Hall–Kier alpha value is -2.50. The molecule has 6 heteroatoms. The van der Waals surface area contributed by atoms with Crippen molar-refractivity contribution in [2.75, 3.05) is 13.7 Å². The summed E-state index contributed by atoms with van der Waals surface area (Å²) in [6.45, 7) is 6.25. The van der Waals surface area contributed by atoms with Gasteiger partial charge < -0.3 is 19.9 Å². The van der Waals surface area contributed by atoms with Gasteiger partial charge in [0.05, 0.1) is 18.8 Å². The first-order valence-electron chi connectivity index (χ1n) is 8.11. The van der Waals surface area contributed by atoms with Gasteiger partial charge in [-0.05, 0) is 51.3 Å². The summed E-state index contributed by atoms with van der Waals surface area (Å²) >= 11 is 0. The average Bonchev–Trinajstić information content (AvgIpc) is 2.90. The maximum absolute atomic E-state index is 12.0. The second-order valence-electron chi connectivity index (χ2n) is 5.81. The number of nitrogens with one attached hydrogen (secondary N) is 2. The molecule has 2 rings (SSSR count). The van der Waals surface area contributed by atoms with Crippen LogP contribution in [0.3, 0.4) is 0 Å². The van der Waals surface area contributed by atoms with E-state index < -0.39 is 0 Å². The first kappa shape index (κ1) is 17.8. The number of carbonyl (C=O) groups is 1. The van der Waals surface area contributed by atoms with Crippen LogP contribution in [0.2, 0.25) is 0 Å². The summed E-state index contributed by atoms with van der Waals surface area (Å²) in [5.41, 5.74) is 2.93. The van der Waals surface area contributed by atoms with E-state index in [1.165, 1.54) is 5.56 Å². The lowest BCUT2D eigenvalue weighted by molar-refractivity contribution is 0.237.